The van der Waals surface area contributed by atoms with E-state index in [2.05, 4.69) is 5.32 Å². The number of carboxylic acid groups (broad SMARTS) is 1. The van der Waals surface area contributed by atoms with Crippen LogP contribution in [0.4, 0.5) is 4.79 Å². The van der Waals surface area contributed by atoms with Gasteiger partial charge in [0.15, 0.2) is 5.78 Å². The first-order valence-electron chi connectivity index (χ1n) is 6.95. The number of ketones is 1. The number of amides is 1. The number of benzene rings is 1. The molecule has 0 aliphatic heterocycles. The van der Waals surface area contributed by atoms with E-state index in [0.717, 1.165) is 11.8 Å². The molecule has 0 fully saturated rings. The summed E-state index contributed by atoms with van der Waals surface area (Å²) in [6.07, 6.45) is 0.0613. The fourth-order valence-corrected chi connectivity index (χ4v) is 2.22. The first-order valence-corrected chi connectivity index (χ1v) is 6.95. The average Bonchev–Trinajstić information content (AvgIpc) is 2.44. The fourth-order valence-electron chi connectivity index (χ4n) is 2.22. The molecule has 1 aromatic carbocycles. The van der Waals surface area contributed by atoms with Crippen LogP contribution in [0, 0.1) is 11.8 Å². The van der Waals surface area contributed by atoms with Gasteiger partial charge in [0, 0.05) is 12.3 Å². The Labute approximate surface area is 124 Å². The summed E-state index contributed by atoms with van der Waals surface area (Å²) in [5, 5.41) is 11.0. The van der Waals surface area contributed by atoms with Gasteiger partial charge in [-0.05, 0) is 17.9 Å². The summed E-state index contributed by atoms with van der Waals surface area (Å²) in [4.78, 5) is 34.1. The SMILES string of the molecule is CC(C)[C@H](NC(=O)O)C(=O)C[C@H](C=O)Cc1ccccc1. The average molecular weight is 291 g/mol. The Hall–Kier alpha value is -2.17. The molecule has 1 rings (SSSR count). The van der Waals surface area contributed by atoms with Crippen molar-refractivity contribution in [1.29, 1.82) is 0 Å². The molecule has 2 N–H and O–H groups in total. The molecule has 0 bridgehead atoms. The predicted octanol–water partition coefficient (Wildman–Crippen LogP) is 2.30. The van der Waals surface area contributed by atoms with Gasteiger partial charge >= 0.3 is 6.09 Å². The maximum absolute atomic E-state index is 12.2. The first kappa shape index (κ1) is 16.9. The highest BCUT2D eigenvalue weighted by Crippen LogP contribution is 2.14. The minimum absolute atomic E-state index is 0.0432. The summed E-state index contributed by atoms with van der Waals surface area (Å²) >= 11 is 0. The van der Waals surface area contributed by atoms with E-state index < -0.39 is 18.1 Å². The first-order chi connectivity index (χ1) is 9.93. The van der Waals surface area contributed by atoms with Crippen molar-refractivity contribution in [2.75, 3.05) is 0 Å². The molecular formula is C16H21NO4. The van der Waals surface area contributed by atoms with E-state index in [1.54, 1.807) is 13.8 Å². The smallest absolute Gasteiger partial charge is 0.405 e. The Kier molecular flexibility index (Phi) is 6.59. The van der Waals surface area contributed by atoms with Crippen molar-refractivity contribution < 1.29 is 19.5 Å². The third-order valence-corrected chi connectivity index (χ3v) is 3.29. The molecule has 0 aliphatic carbocycles. The van der Waals surface area contributed by atoms with E-state index in [1.807, 2.05) is 30.3 Å². The van der Waals surface area contributed by atoms with Crippen LogP contribution in [-0.2, 0) is 16.0 Å². The molecule has 0 saturated heterocycles. The number of hydrogen-bond donors (Lipinski definition) is 2. The molecule has 2 atom stereocenters. The molecule has 0 spiro atoms. The summed E-state index contributed by atoms with van der Waals surface area (Å²) in [5.41, 5.74) is 0.981. The maximum Gasteiger partial charge on any atom is 0.405 e. The van der Waals surface area contributed by atoms with Crippen LogP contribution in [0.2, 0.25) is 0 Å². The maximum atomic E-state index is 12.2. The number of nitrogens with one attached hydrogen (secondary N) is 1. The topological polar surface area (TPSA) is 83.5 Å². The lowest BCUT2D eigenvalue weighted by Crippen LogP contribution is -2.44. The van der Waals surface area contributed by atoms with Crippen LogP contribution < -0.4 is 5.32 Å². The van der Waals surface area contributed by atoms with Gasteiger partial charge in [-0.2, -0.15) is 0 Å². The monoisotopic (exact) mass is 291 g/mol. The number of carbonyl (C=O) groups excluding carboxylic acids is 2. The molecule has 0 aliphatic rings. The molecule has 0 heterocycles. The fraction of sp³-hybridized carbons (Fsp3) is 0.438. The zero-order valence-electron chi connectivity index (χ0n) is 12.3. The van der Waals surface area contributed by atoms with Gasteiger partial charge in [-0.15, -0.1) is 0 Å². The van der Waals surface area contributed by atoms with Gasteiger partial charge in [0.2, 0.25) is 0 Å². The Morgan fingerprint density at radius 3 is 2.33 bits per heavy atom. The Balaban J connectivity index is 2.68. The second-order valence-electron chi connectivity index (χ2n) is 5.43. The zero-order valence-corrected chi connectivity index (χ0v) is 12.3. The van der Waals surface area contributed by atoms with Crippen LogP contribution in [0.1, 0.15) is 25.8 Å². The molecule has 1 amide bonds. The van der Waals surface area contributed by atoms with Crippen molar-refractivity contribution in [2.45, 2.75) is 32.7 Å². The minimum atomic E-state index is -1.23. The lowest BCUT2D eigenvalue weighted by atomic mass is 9.90. The molecule has 5 heteroatoms. The largest absolute Gasteiger partial charge is 0.465 e. The standard InChI is InChI=1S/C16H21NO4/c1-11(2)15(17-16(20)21)14(19)9-13(10-18)8-12-6-4-3-5-7-12/h3-7,10-11,13,15,17H,8-9H2,1-2H3,(H,20,21)/t13-,15+/m1/s1. The van der Waals surface area contributed by atoms with Crippen LogP contribution in [0.15, 0.2) is 30.3 Å². The van der Waals surface area contributed by atoms with E-state index in [9.17, 15) is 14.4 Å². The molecule has 0 radical (unpaired) electrons. The number of hydrogen-bond acceptors (Lipinski definition) is 3. The molecule has 0 aromatic heterocycles. The van der Waals surface area contributed by atoms with Crippen LogP contribution in [0.3, 0.4) is 0 Å². The highest BCUT2D eigenvalue weighted by Gasteiger charge is 2.26. The van der Waals surface area contributed by atoms with Gasteiger partial charge < -0.3 is 15.2 Å². The molecule has 5 nitrogen and oxygen atoms in total. The molecule has 21 heavy (non-hydrogen) atoms. The van der Waals surface area contributed by atoms with Crippen molar-refractivity contribution >= 4 is 18.2 Å². The van der Waals surface area contributed by atoms with Crippen molar-refractivity contribution in [3.8, 4) is 0 Å². The van der Waals surface area contributed by atoms with E-state index in [4.69, 9.17) is 5.11 Å². The lowest BCUT2D eigenvalue weighted by molar-refractivity contribution is -0.125. The molecular weight excluding hydrogens is 270 g/mol. The molecule has 1 aromatic rings. The van der Waals surface area contributed by atoms with E-state index in [-0.39, 0.29) is 18.1 Å². The van der Waals surface area contributed by atoms with Gasteiger partial charge in [0.1, 0.15) is 6.29 Å². The second-order valence-corrected chi connectivity index (χ2v) is 5.43. The van der Waals surface area contributed by atoms with Crippen LogP contribution in [0.5, 0.6) is 0 Å². The summed E-state index contributed by atoms with van der Waals surface area (Å²) in [6.45, 7) is 3.54. The van der Waals surface area contributed by atoms with Gasteiger partial charge in [-0.3, -0.25) is 4.79 Å². The number of carbonyl (C=O) groups is 3. The quantitative estimate of drug-likeness (QED) is 0.720. The van der Waals surface area contributed by atoms with E-state index in [0.29, 0.717) is 6.42 Å². The summed E-state index contributed by atoms with van der Waals surface area (Å²) in [6, 6.07) is 8.66. The molecule has 0 unspecified atom stereocenters. The molecule has 114 valence electrons. The summed E-state index contributed by atoms with van der Waals surface area (Å²) in [5.74, 6) is -0.838. The summed E-state index contributed by atoms with van der Waals surface area (Å²) in [7, 11) is 0. The number of aldehydes is 1. The van der Waals surface area contributed by atoms with Crippen molar-refractivity contribution in [1.82, 2.24) is 5.32 Å². The number of rotatable bonds is 8. The van der Waals surface area contributed by atoms with Crippen LogP contribution in [-0.4, -0.2) is 29.3 Å². The Morgan fingerprint density at radius 1 is 1.24 bits per heavy atom. The normalized spacial score (nSPS) is 13.5. The third kappa shape index (κ3) is 5.77. The van der Waals surface area contributed by atoms with Crippen LogP contribution >= 0.6 is 0 Å². The second kappa shape index (κ2) is 8.19. The Bertz CT molecular complexity index is 484. The van der Waals surface area contributed by atoms with E-state index in [1.165, 1.54) is 0 Å². The van der Waals surface area contributed by atoms with Gasteiger partial charge in [0.25, 0.3) is 0 Å². The minimum Gasteiger partial charge on any atom is -0.465 e. The highest BCUT2D eigenvalue weighted by molar-refractivity contribution is 5.89. The Morgan fingerprint density at radius 2 is 1.86 bits per heavy atom. The highest BCUT2D eigenvalue weighted by atomic mass is 16.4. The van der Waals surface area contributed by atoms with Crippen LogP contribution in [0.25, 0.3) is 0 Å². The number of Topliss-reactive ketones (excluding diaryl/α,β-unsaturated/α-hetero) is 1. The molecule has 0 saturated carbocycles. The third-order valence-electron chi connectivity index (χ3n) is 3.29. The predicted molar refractivity (Wildman–Crippen MR) is 79.1 cm³/mol. The van der Waals surface area contributed by atoms with Crippen molar-refractivity contribution in [3.05, 3.63) is 35.9 Å². The van der Waals surface area contributed by atoms with Crippen molar-refractivity contribution in [2.24, 2.45) is 11.8 Å². The summed E-state index contributed by atoms with van der Waals surface area (Å²) < 4.78 is 0. The van der Waals surface area contributed by atoms with Gasteiger partial charge in [-0.25, -0.2) is 4.79 Å². The van der Waals surface area contributed by atoms with E-state index >= 15 is 0 Å². The van der Waals surface area contributed by atoms with Gasteiger partial charge in [-0.1, -0.05) is 44.2 Å². The lowest BCUT2D eigenvalue weighted by Gasteiger charge is -2.21. The zero-order chi connectivity index (χ0) is 15.8. The van der Waals surface area contributed by atoms with Gasteiger partial charge in [0.05, 0.1) is 6.04 Å². The van der Waals surface area contributed by atoms with Crippen molar-refractivity contribution in [3.63, 3.8) is 0 Å².